The third kappa shape index (κ3) is 2.89. The van der Waals surface area contributed by atoms with Crippen molar-refractivity contribution in [2.45, 2.75) is 5.03 Å². The highest BCUT2D eigenvalue weighted by atomic mass is 32.2. The molecule has 0 bridgehead atoms. The summed E-state index contributed by atoms with van der Waals surface area (Å²) in [4.78, 5) is 19.0. The number of rotatable bonds is 5. The fourth-order valence-electron chi connectivity index (χ4n) is 2.11. The van der Waals surface area contributed by atoms with Crippen LogP contribution in [-0.2, 0) is 4.79 Å². The monoisotopic (exact) mass is 315 g/mol. The minimum atomic E-state index is -0.874. The van der Waals surface area contributed by atoms with E-state index in [0.717, 1.165) is 28.4 Å². The topological polar surface area (TPSA) is 77.2 Å². The number of aromatic nitrogens is 3. The molecule has 2 heterocycles. The Balaban J connectivity index is 2.00. The molecule has 0 spiro atoms. The molecule has 3 aromatic rings. The van der Waals surface area contributed by atoms with Gasteiger partial charge in [-0.3, -0.25) is 4.79 Å². The van der Waals surface area contributed by atoms with Crippen LogP contribution in [0.5, 0.6) is 5.75 Å². The van der Waals surface area contributed by atoms with Gasteiger partial charge in [0.05, 0.1) is 18.4 Å². The maximum absolute atomic E-state index is 10.6. The molecular weight excluding hydrogens is 302 g/mol. The van der Waals surface area contributed by atoms with Crippen LogP contribution in [0.15, 0.2) is 47.9 Å². The number of carboxylic acid groups (broad SMARTS) is 1. The molecule has 22 heavy (non-hydrogen) atoms. The smallest absolute Gasteiger partial charge is 0.313 e. The van der Waals surface area contributed by atoms with Crippen molar-refractivity contribution in [3.05, 3.63) is 42.9 Å². The average Bonchev–Trinajstić information content (AvgIpc) is 2.96. The summed E-state index contributed by atoms with van der Waals surface area (Å²) < 4.78 is 7.18. The van der Waals surface area contributed by atoms with Gasteiger partial charge in [0.15, 0.2) is 0 Å². The molecule has 0 aliphatic heterocycles. The van der Waals surface area contributed by atoms with E-state index in [1.54, 1.807) is 13.2 Å². The average molecular weight is 315 g/mol. The largest absolute Gasteiger partial charge is 0.497 e. The van der Waals surface area contributed by atoms with Crippen molar-refractivity contribution in [3.8, 4) is 11.6 Å². The Kier molecular flexibility index (Phi) is 3.97. The second-order valence-electron chi connectivity index (χ2n) is 4.51. The van der Waals surface area contributed by atoms with Gasteiger partial charge in [-0.05, 0) is 18.2 Å². The Labute approximate surface area is 130 Å². The van der Waals surface area contributed by atoms with Gasteiger partial charge in [0.1, 0.15) is 22.9 Å². The third-order valence-electron chi connectivity index (χ3n) is 3.12. The van der Waals surface area contributed by atoms with Crippen molar-refractivity contribution >= 4 is 28.6 Å². The molecule has 0 saturated heterocycles. The highest BCUT2D eigenvalue weighted by molar-refractivity contribution is 7.99. The van der Waals surface area contributed by atoms with Gasteiger partial charge < -0.3 is 14.4 Å². The first-order valence-corrected chi connectivity index (χ1v) is 7.48. The molecule has 112 valence electrons. The zero-order valence-electron chi connectivity index (χ0n) is 11.8. The number of hydrogen-bond acceptors (Lipinski definition) is 5. The summed E-state index contributed by atoms with van der Waals surface area (Å²) in [5, 5.41) is 10.4. The summed E-state index contributed by atoms with van der Waals surface area (Å²) >= 11 is 1.16. The van der Waals surface area contributed by atoms with Crippen molar-refractivity contribution in [2.24, 2.45) is 0 Å². The van der Waals surface area contributed by atoms with Gasteiger partial charge in [-0.2, -0.15) is 0 Å². The van der Waals surface area contributed by atoms with Gasteiger partial charge in [-0.1, -0.05) is 11.8 Å². The molecule has 0 unspecified atom stereocenters. The number of nitrogens with zero attached hydrogens (tertiary/aromatic N) is 3. The molecule has 0 amide bonds. The number of carbonyl (C=O) groups is 1. The molecule has 6 nitrogen and oxygen atoms in total. The van der Waals surface area contributed by atoms with E-state index in [0.29, 0.717) is 10.8 Å². The van der Waals surface area contributed by atoms with E-state index >= 15 is 0 Å². The molecule has 1 N–H and O–H groups in total. The lowest BCUT2D eigenvalue weighted by atomic mass is 10.2. The highest BCUT2D eigenvalue weighted by Gasteiger charge is 2.08. The van der Waals surface area contributed by atoms with E-state index in [9.17, 15) is 4.79 Å². The van der Waals surface area contributed by atoms with Crippen LogP contribution in [-0.4, -0.2) is 38.5 Å². The maximum atomic E-state index is 10.6. The Morgan fingerprint density at radius 1 is 1.32 bits per heavy atom. The number of carboxylic acids is 1. The first kappa shape index (κ1) is 14.4. The number of fused-ring (bicyclic) bond motifs is 1. The zero-order chi connectivity index (χ0) is 15.5. The number of aliphatic carboxylic acids is 1. The Bertz CT molecular complexity index is 832. The number of benzene rings is 1. The van der Waals surface area contributed by atoms with Crippen LogP contribution < -0.4 is 4.74 Å². The van der Waals surface area contributed by atoms with Gasteiger partial charge in [-0.15, -0.1) is 0 Å². The summed E-state index contributed by atoms with van der Waals surface area (Å²) in [6, 6.07) is 9.57. The molecule has 0 radical (unpaired) electrons. The van der Waals surface area contributed by atoms with E-state index in [1.165, 1.54) is 6.33 Å². The maximum Gasteiger partial charge on any atom is 0.313 e. The second kappa shape index (κ2) is 6.07. The van der Waals surface area contributed by atoms with Crippen LogP contribution in [0.4, 0.5) is 0 Å². The predicted molar refractivity (Wildman–Crippen MR) is 83.8 cm³/mol. The molecule has 3 rings (SSSR count). The molecule has 0 fully saturated rings. The van der Waals surface area contributed by atoms with Crippen molar-refractivity contribution in [2.75, 3.05) is 12.9 Å². The lowest BCUT2D eigenvalue weighted by Gasteiger charge is -2.07. The normalized spacial score (nSPS) is 10.8. The number of hydrogen-bond donors (Lipinski definition) is 1. The Hall–Kier alpha value is -2.54. The lowest BCUT2D eigenvalue weighted by Crippen LogP contribution is -2.00. The summed E-state index contributed by atoms with van der Waals surface area (Å²) in [6.07, 6.45) is 3.35. The van der Waals surface area contributed by atoms with E-state index < -0.39 is 5.97 Å². The SMILES string of the molecule is COc1ccc2ccn(-c3cc(SCC(=O)O)ncn3)c2c1. The van der Waals surface area contributed by atoms with Crippen molar-refractivity contribution in [3.63, 3.8) is 0 Å². The fourth-order valence-corrected chi connectivity index (χ4v) is 2.69. The van der Waals surface area contributed by atoms with Crippen LogP contribution in [0.3, 0.4) is 0 Å². The van der Waals surface area contributed by atoms with Gasteiger partial charge in [0, 0.05) is 23.7 Å². The molecule has 0 aliphatic carbocycles. The van der Waals surface area contributed by atoms with Crippen molar-refractivity contribution in [1.29, 1.82) is 0 Å². The molecule has 0 aliphatic rings. The van der Waals surface area contributed by atoms with Crippen LogP contribution in [0, 0.1) is 0 Å². The van der Waals surface area contributed by atoms with Gasteiger partial charge in [0.2, 0.25) is 0 Å². The second-order valence-corrected chi connectivity index (χ2v) is 5.50. The number of methoxy groups -OCH3 is 1. The van der Waals surface area contributed by atoms with Gasteiger partial charge in [0.25, 0.3) is 0 Å². The summed E-state index contributed by atoms with van der Waals surface area (Å²) in [5.41, 5.74) is 0.965. The van der Waals surface area contributed by atoms with Crippen molar-refractivity contribution in [1.82, 2.24) is 14.5 Å². The molecule has 7 heteroatoms. The zero-order valence-corrected chi connectivity index (χ0v) is 12.6. The predicted octanol–water partition coefficient (Wildman–Crippen LogP) is 2.61. The Morgan fingerprint density at radius 3 is 2.95 bits per heavy atom. The van der Waals surface area contributed by atoms with E-state index in [1.807, 2.05) is 35.0 Å². The molecule has 1 aromatic carbocycles. The van der Waals surface area contributed by atoms with Gasteiger partial charge >= 0.3 is 5.97 Å². The quantitative estimate of drug-likeness (QED) is 0.576. The van der Waals surface area contributed by atoms with E-state index in [2.05, 4.69) is 9.97 Å². The number of thioether (sulfide) groups is 1. The van der Waals surface area contributed by atoms with Crippen LogP contribution in [0.25, 0.3) is 16.7 Å². The van der Waals surface area contributed by atoms with Crippen LogP contribution in [0.1, 0.15) is 0 Å². The molecule has 0 saturated carbocycles. The van der Waals surface area contributed by atoms with Crippen LogP contribution >= 0.6 is 11.8 Å². The summed E-state index contributed by atoms with van der Waals surface area (Å²) in [6.45, 7) is 0. The minimum absolute atomic E-state index is 0.0310. The van der Waals surface area contributed by atoms with E-state index in [4.69, 9.17) is 9.84 Å². The fraction of sp³-hybridized carbons (Fsp3) is 0.133. The first-order chi connectivity index (χ1) is 10.7. The molecular formula is C15H13N3O3S. The third-order valence-corrected chi connectivity index (χ3v) is 4.03. The number of ether oxygens (including phenoxy) is 1. The van der Waals surface area contributed by atoms with Crippen LogP contribution in [0.2, 0.25) is 0 Å². The first-order valence-electron chi connectivity index (χ1n) is 6.49. The summed E-state index contributed by atoms with van der Waals surface area (Å²) in [7, 11) is 1.62. The summed E-state index contributed by atoms with van der Waals surface area (Å²) in [5.74, 6) is 0.547. The van der Waals surface area contributed by atoms with Crippen molar-refractivity contribution < 1.29 is 14.6 Å². The minimum Gasteiger partial charge on any atom is -0.497 e. The Morgan fingerprint density at radius 2 is 2.18 bits per heavy atom. The van der Waals surface area contributed by atoms with E-state index in [-0.39, 0.29) is 5.75 Å². The highest BCUT2D eigenvalue weighted by Crippen LogP contribution is 2.25. The molecule has 2 aromatic heterocycles. The van der Waals surface area contributed by atoms with Gasteiger partial charge in [-0.25, -0.2) is 9.97 Å². The lowest BCUT2D eigenvalue weighted by molar-refractivity contribution is -0.133. The molecule has 0 atom stereocenters. The standard InChI is InChI=1S/C15H13N3O3S/c1-21-11-3-2-10-4-5-18(12(10)6-11)13-7-14(17-9-16-13)22-8-15(19)20/h2-7,9H,8H2,1H3,(H,19,20).